The molecular weight excluding hydrogens is 324 g/mol. The number of ether oxygens (including phenoxy) is 1. The van der Waals surface area contributed by atoms with Crippen molar-refractivity contribution < 1.29 is 4.74 Å². The molecule has 1 fully saturated rings. The Morgan fingerprint density at radius 1 is 1.27 bits per heavy atom. The number of rotatable bonds is 7. The molecule has 1 N–H and O–H groups in total. The zero-order chi connectivity index (χ0) is 18.6. The minimum Gasteiger partial charge on any atom is -0.497 e. The highest BCUT2D eigenvalue weighted by atomic mass is 16.5. The van der Waals surface area contributed by atoms with Gasteiger partial charge in [0.2, 0.25) is 0 Å². The molecule has 1 aliphatic carbocycles. The van der Waals surface area contributed by atoms with Gasteiger partial charge in [-0.25, -0.2) is 0 Å². The molecule has 0 bridgehead atoms. The van der Waals surface area contributed by atoms with Crippen LogP contribution in [0.2, 0.25) is 0 Å². The molecule has 1 heterocycles. The SMILES string of the molecule is CCNC(=NCC1(c2ccc(OC)cc2)CC1)N(C)Cc1cccn1C. The van der Waals surface area contributed by atoms with Gasteiger partial charge in [-0.15, -0.1) is 0 Å². The highest BCUT2D eigenvalue weighted by Crippen LogP contribution is 2.48. The molecule has 26 heavy (non-hydrogen) atoms. The number of guanidine groups is 1. The third-order valence-corrected chi connectivity index (χ3v) is 5.23. The Morgan fingerprint density at radius 3 is 2.54 bits per heavy atom. The normalized spacial score (nSPS) is 15.6. The number of aryl methyl sites for hydroxylation is 1. The minimum atomic E-state index is 0.193. The first-order chi connectivity index (χ1) is 12.6. The summed E-state index contributed by atoms with van der Waals surface area (Å²) in [5.74, 6) is 1.87. The average Bonchev–Trinajstić information content (AvgIpc) is 3.35. The summed E-state index contributed by atoms with van der Waals surface area (Å²) >= 11 is 0. The number of aromatic nitrogens is 1. The van der Waals surface area contributed by atoms with Crippen LogP contribution in [-0.2, 0) is 19.0 Å². The Labute approximate surface area is 156 Å². The summed E-state index contributed by atoms with van der Waals surface area (Å²) in [5.41, 5.74) is 2.83. The Hall–Kier alpha value is -2.43. The number of benzene rings is 1. The summed E-state index contributed by atoms with van der Waals surface area (Å²) in [7, 11) is 5.88. The Balaban J connectivity index is 1.71. The highest BCUT2D eigenvalue weighted by molar-refractivity contribution is 5.79. The molecule has 2 aromatic rings. The van der Waals surface area contributed by atoms with E-state index in [2.05, 4.69) is 66.3 Å². The van der Waals surface area contributed by atoms with Crippen LogP contribution >= 0.6 is 0 Å². The van der Waals surface area contributed by atoms with E-state index >= 15 is 0 Å². The molecule has 1 aliphatic rings. The summed E-state index contributed by atoms with van der Waals surface area (Å²) in [4.78, 5) is 7.17. The Morgan fingerprint density at radius 2 is 2.00 bits per heavy atom. The topological polar surface area (TPSA) is 41.8 Å². The number of hydrogen-bond acceptors (Lipinski definition) is 2. The van der Waals surface area contributed by atoms with E-state index in [0.29, 0.717) is 0 Å². The van der Waals surface area contributed by atoms with Crippen molar-refractivity contribution in [3.8, 4) is 5.75 Å². The van der Waals surface area contributed by atoms with Crippen LogP contribution < -0.4 is 10.1 Å². The zero-order valence-corrected chi connectivity index (χ0v) is 16.3. The number of aliphatic imine (C=N–C) groups is 1. The largest absolute Gasteiger partial charge is 0.497 e. The van der Waals surface area contributed by atoms with Gasteiger partial charge in [-0.05, 0) is 49.6 Å². The smallest absolute Gasteiger partial charge is 0.194 e. The van der Waals surface area contributed by atoms with Crippen molar-refractivity contribution in [3.05, 3.63) is 53.9 Å². The minimum absolute atomic E-state index is 0.193. The van der Waals surface area contributed by atoms with Crippen LogP contribution in [0.5, 0.6) is 5.75 Å². The first-order valence-corrected chi connectivity index (χ1v) is 9.32. The Kier molecular flexibility index (Phi) is 5.55. The number of nitrogens with one attached hydrogen (secondary N) is 1. The van der Waals surface area contributed by atoms with Gasteiger partial charge in [-0.1, -0.05) is 12.1 Å². The van der Waals surface area contributed by atoms with Crippen molar-refractivity contribution >= 4 is 5.96 Å². The summed E-state index contributed by atoms with van der Waals surface area (Å²) in [6.45, 7) is 4.64. The van der Waals surface area contributed by atoms with Gasteiger partial charge in [0.1, 0.15) is 5.75 Å². The molecule has 0 spiro atoms. The van der Waals surface area contributed by atoms with E-state index in [1.54, 1.807) is 7.11 Å². The van der Waals surface area contributed by atoms with E-state index < -0.39 is 0 Å². The molecule has 0 radical (unpaired) electrons. The molecule has 0 saturated heterocycles. The lowest BCUT2D eigenvalue weighted by molar-refractivity contribution is 0.414. The van der Waals surface area contributed by atoms with Gasteiger partial charge < -0.3 is 19.5 Å². The lowest BCUT2D eigenvalue weighted by Gasteiger charge is -2.23. The maximum Gasteiger partial charge on any atom is 0.194 e. The van der Waals surface area contributed by atoms with Crippen LogP contribution in [0.1, 0.15) is 31.0 Å². The van der Waals surface area contributed by atoms with Crippen molar-refractivity contribution in [1.82, 2.24) is 14.8 Å². The number of nitrogens with zero attached hydrogens (tertiary/aromatic N) is 3. The van der Waals surface area contributed by atoms with E-state index in [0.717, 1.165) is 31.3 Å². The van der Waals surface area contributed by atoms with Gasteiger partial charge in [-0.2, -0.15) is 0 Å². The van der Waals surface area contributed by atoms with E-state index in [-0.39, 0.29) is 5.41 Å². The first kappa shape index (κ1) is 18.4. The molecule has 3 rings (SSSR count). The molecule has 0 atom stereocenters. The average molecular weight is 354 g/mol. The van der Waals surface area contributed by atoms with Crippen molar-refractivity contribution in [2.45, 2.75) is 31.7 Å². The Bertz CT molecular complexity index is 744. The van der Waals surface area contributed by atoms with Crippen LogP contribution in [0.4, 0.5) is 0 Å². The van der Waals surface area contributed by atoms with Crippen molar-refractivity contribution in [2.75, 3.05) is 27.2 Å². The lowest BCUT2D eigenvalue weighted by atomic mass is 9.96. The second-order valence-corrected chi connectivity index (χ2v) is 7.15. The van der Waals surface area contributed by atoms with Crippen LogP contribution in [0.25, 0.3) is 0 Å². The van der Waals surface area contributed by atoms with E-state index in [4.69, 9.17) is 9.73 Å². The quantitative estimate of drug-likeness (QED) is 0.613. The van der Waals surface area contributed by atoms with Gasteiger partial charge in [-0.3, -0.25) is 4.99 Å². The molecule has 140 valence electrons. The summed E-state index contributed by atoms with van der Waals surface area (Å²) in [5, 5.41) is 3.43. The van der Waals surface area contributed by atoms with Crippen LogP contribution in [0.15, 0.2) is 47.6 Å². The maximum absolute atomic E-state index is 5.28. The van der Waals surface area contributed by atoms with E-state index in [1.165, 1.54) is 24.1 Å². The summed E-state index contributed by atoms with van der Waals surface area (Å²) < 4.78 is 7.43. The van der Waals surface area contributed by atoms with Gasteiger partial charge in [0.25, 0.3) is 0 Å². The first-order valence-electron chi connectivity index (χ1n) is 9.32. The predicted molar refractivity (Wildman–Crippen MR) is 107 cm³/mol. The fraction of sp³-hybridized carbons (Fsp3) is 0.476. The van der Waals surface area contributed by atoms with E-state index in [1.807, 2.05) is 12.1 Å². The third kappa shape index (κ3) is 4.03. The van der Waals surface area contributed by atoms with Crippen LogP contribution in [0, 0.1) is 0 Å². The van der Waals surface area contributed by atoms with Gasteiger partial charge in [0, 0.05) is 37.9 Å². The fourth-order valence-corrected chi connectivity index (χ4v) is 3.31. The molecule has 1 aromatic heterocycles. The van der Waals surface area contributed by atoms with Crippen LogP contribution in [0.3, 0.4) is 0 Å². The second-order valence-electron chi connectivity index (χ2n) is 7.15. The van der Waals surface area contributed by atoms with Gasteiger partial charge >= 0.3 is 0 Å². The van der Waals surface area contributed by atoms with E-state index in [9.17, 15) is 0 Å². The van der Waals surface area contributed by atoms with Crippen LogP contribution in [-0.4, -0.2) is 42.7 Å². The van der Waals surface area contributed by atoms with Crippen molar-refractivity contribution in [3.63, 3.8) is 0 Å². The maximum atomic E-state index is 5.28. The molecule has 1 aromatic carbocycles. The molecule has 1 saturated carbocycles. The molecular formula is C21H30N4O. The van der Waals surface area contributed by atoms with Gasteiger partial charge in [0.05, 0.1) is 20.2 Å². The molecule has 0 amide bonds. The monoisotopic (exact) mass is 354 g/mol. The number of methoxy groups -OCH3 is 1. The van der Waals surface area contributed by atoms with Gasteiger partial charge in [0.15, 0.2) is 5.96 Å². The standard InChI is InChI=1S/C21H30N4O/c1-5-22-20(25(3)15-18-7-6-14-24(18)2)23-16-21(12-13-21)17-8-10-19(26-4)11-9-17/h6-11,14H,5,12-13,15-16H2,1-4H3,(H,22,23). The second kappa shape index (κ2) is 7.85. The van der Waals surface area contributed by atoms with Crippen molar-refractivity contribution in [1.29, 1.82) is 0 Å². The third-order valence-electron chi connectivity index (χ3n) is 5.23. The summed E-state index contributed by atoms with van der Waals surface area (Å²) in [6, 6.07) is 12.7. The molecule has 0 aliphatic heterocycles. The molecule has 0 unspecified atom stereocenters. The molecule has 5 nitrogen and oxygen atoms in total. The summed E-state index contributed by atoms with van der Waals surface area (Å²) in [6.07, 6.45) is 4.48. The fourth-order valence-electron chi connectivity index (χ4n) is 3.31. The predicted octanol–water partition coefficient (Wildman–Crippen LogP) is 3.16. The molecule has 5 heteroatoms. The lowest BCUT2D eigenvalue weighted by Crippen LogP contribution is -2.39. The zero-order valence-electron chi connectivity index (χ0n) is 16.3. The highest BCUT2D eigenvalue weighted by Gasteiger charge is 2.44. The number of hydrogen-bond donors (Lipinski definition) is 1. The van der Waals surface area contributed by atoms with Crippen molar-refractivity contribution in [2.24, 2.45) is 12.0 Å².